The Morgan fingerprint density at radius 2 is 1.41 bits per heavy atom. The van der Waals surface area contributed by atoms with Crippen molar-refractivity contribution in [1.82, 2.24) is 0 Å². The Morgan fingerprint density at radius 1 is 0.931 bits per heavy atom. The third kappa shape index (κ3) is 4.13. The van der Waals surface area contributed by atoms with Gasteiger partial charge in [0.1, 0.15) is 12.2 Å². The minimum atomic E-state index is -5.94. The van der Waals surface area contributed by atoms with Crippen molar-refractivity contribution in [3.8, 4) is 0 Å². The molecule has 0 aromatic rings. The molecule has 12 heteroatoms. The van der Waals surface area contributed by atoms with Crippen molar-refractivity contribution in [3.63, 3.8) is 0 Å². The molecule has 162 valence electrons. The third-order valence-corrected chi connectivity index (χ3v) is 6.57. The zero-order valence-corrected chi connectivity index (χ0v) is 15.9. The van der Waals surface area contributed by atoms with E-state index in [1.54, 1.807) is 6.08 Å². The van der Waals surface area contributed by atoms with Crippen molar-refractivity contribution in [2.24, 2.45) is 23.7 Å². The summed E-state index contributed by atoms with van der Waals surface area (Å²) in [5.41, 5.74) is 0. The molecule has 0 aromatic carbocycles. The number of ether oxygens (including phenoxy) is 2. The first-order valence-electron chi connectivity index (χ1n) is 9.09. The molecule has 0 heterocycles. The quantitative estimate of drug-likeness (QED) is 0.357. The SMILES string of the molecule is O=C(O)C1C2C=CC(C2)C1C(=O)OC1CCC(OC(=O)C(F)(F)S(=O)(=O)O)CC1. The van der Waals surface area contributed by atoms with E-state index in [4.69, 9.17) is 9.29 Å². The second-order valence-corrected chi connectivity index (χ2v) is 9.03. The molecule has 0 aliphatic heterocycles. The maximum Gasteiger partial charge on any atom is 0.465 e. The van der Waals surface area contributed by atoms with Crippen LogP contribution in [0.3, 0.4) is 0 Å². The molecule has 2 fully saturated rings. The fourth-order valence-electron chi connectivity index (χ4n) is 4.32. The highest BCUT2D eigenvalue weighted by atomic mass is 32.2. The van der Waals surface area contributed by atoms with Crippen LogP contribution in [0, 0.1) is 23.7 Å². The summed E-state index contributed by atoms with van der Waals surface area (Å²) in [6.45, 7) is 0. The maximum absolute atomic E-state index is 13.2. The van der Waals surface area contributed by atoms with Gasteiger partial charge in [0.05, 0.1) is 11.8 Å². The highest BCUT2D eigenvalue weighted by molar-refractivity contribution is 7.87. The van der Waals surface area contributed by atoms with Crippen LogP contribution in [0.15, 0.2) is 12.2 Å². The molecule has 2 saturated carbocycles. The van der Waals surface area contributed by atoms with Crippen molar-refractivity contribution in [2.75, 3.05) is 0 Å². The molecule has 0 saturated heterocycles. The molecule has 0 radical (unpaired) electrons. The van der Waals surface area contributed by atoms with Gasteiger partial charge in [-0.1, -0.05) is 12.2 Å². The van der Waals surface area contributed by atoms with Gasteiger partial charge in [0.25, 0.3) is 0 Å². The summed E-state index contributed by atoms with van der Waals surface area (Å²) >= 11 is 0. The molecular formula is C17H20F2O9S. The Bertz CT molecular complexity index is 830. The molecule has 3 rings (SSSR count). The normalized spacial score (nSPS) is 34.0. The lowest BCUT2D eigenvalue weighted by molar-refractivity contribution is -0.173. The van der Waals surface area contributed by atoms with Crippen LogP contribution in [-0.4, -0.2) is 53.4 Å². The van der Waals surface area contributed by atoms with Crippen molar-refractivity contribution in [1.29, 1.82) is 0 Å². The molecule has 29 heavy (non-hydrogen) atoms. The van der Waals surface area contributed by atoms with Gasteiger partial charge in [-0.15, -0.1) is 0 Å². The van der Waals surface area contributed by atoms with Gasteiger partial charge in [0.2, 0.25) is 0 Å². The monoisotopic (exact) mass is 438 g/mol. The van der Waals surface area contributed by atoms with Gasteiger partial charge in [-0.2, -0.15) is 17.2 Å². The second-order valence-electron chi connectivity index (χ2n) is 7.57. The molecule has 2 N–H and O–H groups in total. The van der Waals surface area contributed by atoms with Gasteiger partial charge < -0.3 is 14.6 Å². The third-order valence-electron chi connectivity index (χ3n) is 5.76. The van der Waals surface area contributed by atoms with Crippen LogP contribution in [0.4, 0.5) is 8.78 Å². The minimum absolute atomic E-state index is 0.0459. The number of carbonyl (C=O) groups is 3. The number of fused-ring (bicyclic) bond motifs is 2. The van der Waals surface area contributed by atoms with Crippen molar-refractivity contribution in [3.05, 3.63) is 12.2 Å². The number of allylic oxidation sites excluding steroid dienone is 2. The molecule has 4 unspecified atom stereocenters. The molecule has 3 aliphatic rings. The predicted octanol–water partition coefficient (Wildman–Crippen LogP) is 1.39. The van der Waals surface area contributed by atoms with Gasteiger partial charge in [0, 0.05) is 0 Å². The summed E-state index contributed by atoms with van der Waals surface area (Å²) in [6.07, 6.45) is 3.05. The van der Waals surface area contributed by atoms with E-state index >= 15 is 0 Å². The first kappa shape index (κ1) is 21.6. The van der Waals surface area contributed by atoms with Gasteiger partial charge in [-0.25, -0.2) is 4.79 Å². The Morgan fingerprint density at radius 3 is 1.90 bits per heavy atom. The van der Waals surface area contributed by atoms with Gasteiger partial charge in [-0.05, 0) is 43.9 Å². The average Bonchev–Trinajstić information content (AvgIpc) is 3.23. The Balaban J connectivity index is 1.51. The number of alkyl halides is 2. The van der Waals surface area contributed by atoms with Crippen molar-refractivity contribution < 1.29 is 50.7 Å². The van der Waals surface area contributed by atoms with Crippen LogP contribution < -0.4 is 0 Å². The molecule has 2 bridgehead atoms. The predicted molar refractivity (Wildman–Crippen MR) is 90.1 cm³/mol. The Hall–Kier alpha value is -2.08. The van der Waals surface area contributed by atoms with Crippen LogP contribution in [0.5, 0.6) is 0 Å². The number of aliphatic carboxylic acids is 1. The molecule has 3 aliphatic carbocycles. The van der Waals surface area contributed by atoms with Crippen molar-refractivity contribution >= 4 is 28.0 Å². The smallest absolute Gasteiger partial charge is 0.465 e. The first-order chi connectivity index (χ1) is 13.4. The maximum atomic E-state index is 13.2. The van der Waals surface area contributed by atoms with Gasteiger partial charge in [0.15, 0.2) is 0 Å². The van der Waals surface area contributed by atoms with Crippen LogP contribution in [0.1, 0.15) is 32.1 Å². The number of carbonyl (C=O) groups excluding carboxylic acids is 2. The van der Waals surface area contributed by atoms with E-state index < -0.39 is 57.3 Å². The Labute approximate surface area is 164 Å². The van der Waals surface area contributed by atoms with E-state index in [-0.39, 0.29) is 37.5 Å². The standard InChI is InChI=1S/C17H20F2O9S/c18-17(19,29(24,25)26)16(23)28-11-5-3-10(4-6-11)27-15(22)13-9-2-1-8(7-9)12(13)14(20)21/h1-2,8-13H,3-7H2,(H,20,21)(H,24,25,26). The molecule has 0 amide bonds. The van der Waals surface area contributed by atoms with Crippen LogP contribution in [-0.2, 0) is 34.0 Å². The number of hydrogen-bond acceptors (Lipinski definition) is 7. The summed E-state index contributed by atoms with van der Waals surface area (Å²) in [6, 6.07) is 0. The first-order valence-corrected chi connectivity index (χ1v) is 10.5. The Kier molecular flexibility index (Phi) is 5.69. The van der Waals surface area contributed by atoms with Crippen LogP contribution in [0.25, 0.3) is 0 Å². The lowest BCUT2D eigenvalue weighted by Crippen LogP contribution is -2.42. The topological polar surface area (TPSA) is 144 Å². The number of rotatable bonds is 6. The second kappa shape index (κ2) is 7.63. The highest BCUT2D eigenvalue weighted by Crippen LogP contribution is 2.48. The molecule has 0 aromatic heterocycles. The van der Waals surface area contributed by atoms with E-state index in [0.717, 1.165) is 0 Å². The van der Waals surface area contributed by atoms with Gasteiger partial charge >= 0.3 is 33.3 Å². The fourth-order valence-corrected chi connectivity index (χ4v) is 4.58. The minimum Gasteiger partial charge on any atom is -0.481 e. The largest absolute Gasteiger partial charge is 0.481 e. The number of esters is 2. The molecule has 4 atom stereocenters. The summed E-state index contributed by atoms with van der Waals surface area (Å²) in [7, 11) is -5.94. The summed E-state index contributed by atoms with van der Waals surface area (Å²) in [5, 5.41) is 4.33. The van der Waals surface area contributed by atoms with Gasteiger partial charge in [-0.3, -0.25) is 14.1 Å². The summed E-state index contributed by atoms with van der Waals surface area (Å²) in [4.78, 5) is 35.3. The molecule has 9 nitrogen and oxygen atoms in total. The number of halogens is 2. The van der Waals surface area contributed by atoms with E-state index in [9.17, 15) is 36.7 Å². The molecular weight excluding hydrogens is 418 g/mol. The zero-order chi connectivity index (χ0) is 21.6. The summed E-state index contributed by atoms with van der Waals surface area (Å²) in [5.74, 6) is -6.03. The zero-order valence-electron chi connectivity index (χ0n) is 15.1. The van der Waals surface area contributed by atoms with E-state index in [1.165, 1.54) is 0 Å². The highest BCUT2D eigenvalue weighted by Gasteiger charge is 2.55. The number of hydrogen-bond donors (Lipinski definition) is 2. The fraction of sp³-hybridized carbons (Fsp3) is 0.706. The number of carboxylic acid groups (broad SMARTS) is 1. The van der Waals surface area contributed by atoms with Crippen molar-refractivity contribution in [2.45, 2.75) is 49.6 Å². The van der Waals surface area contributed by atoms with Crippen LogP contribution >= 0.6 is 0 Å². The lowest BCUT2D eigenvalue weighted by atomic mass is 9.83. The summed E-state index contributed by atoms with van der Waals surface area (Å²) < 4.78 is 65.9. The van der Waals surface area contributed by atoms with E-state index in [0.29, 0.717) is 6.42 Å². The van der Waals surface area contributed by atoms with Crippen LogP contribution in [0.2, 0.25) is 0 Å². The molecule has 0 spiro atoms. The average molecular weight is 438 g/mol. The lowest BCUT2D eigenvalue weighted by Gasteiger charge is -2.31. The van der Waals surface area contributed by atoms with E-state index in [1.807, 2.05) is 6.08 Å². The van der Waals surface area contributed by atoms with E-state index in [2.05, 4.69) is 4.74 Å². The number of carboxylic acids is 1.